The van der Waals surface area contributed by atoms with Gasteiger partial charge in [-0.3, -0.25) is 0 Å². The van der Waals surface area contributed by atoms with E-state index in [0.29, 0.717) is 0 Å². The zero-order valence-electron chi connectivity index (χ0n) is 16.8. The number of carboxylic acid groups (broad SMARTS) is 2. The number of unbranched alkanes of at least 4 members (excludes halogenated alkanes) is 4. The second-order valence-electron chi connectivity index (χ2n) is 6.60. The number of carbonyl (C=O) groups excluding carboxylic acids is 2. The maximum atomic E-state index is 10.6. The van der Waals surface area contributed by atoms with Crippen LogP contribution in [0, 0.1) is 11.8 Å². The minimum absolute atomic E-state index is 0. The number of hydrogen-bond donors (Lipinski definition) is 0. The molecular formula is C20H38O4Pb. The third-order valence-corrected chi connectivity index (χ3v) is 4.25. The van der Waals surface area contributed by atoms with Gasteiger partial charge in [-0.2, -0.15) is 0 Å². The molecule has 2 unspecified atom stereocenters. The van der Waals surface area contributed by atoms with Gasteiger partial charge in [-0.05, 0) is 37.5 Å². The molecular weight excluding hydrogens is 511 g/mol. The fraction of sp³-hybridized carbons (Fsp3) is 0.900. The van der Waals surface area contributed by atoms with Crippen LogP contribution in [0.4, 0.5) is 0 Å². The van der Waals surface area contributed by atoms with Crippen molar-refractivity contribution in [1.29, 1.82) is 0 Å². The molecule has 0 aromatic heterocycles. The van der Waals surface area contributed by atoms with E-state index in [4.69, 9.17) is 0 Å². The summed E-state index contributed by atoms with van der Waals surface area (Å²) in [6.45, 7) is 8.26. The first-order valence-corrected chi connectivity index (χ1v) is 9.86. The number of aliphatic carboxylic acids is 2. The minimum atomic E-state index is -0.868. The molecule has 0 rings (SSSR count). The van der Waals surface area contributed by atoms with Gasteiger partial charge in [0.05, 0.1) is 0 Å². The average Bonchev–Trinajstić information content (AvgIpc) is 2.54. The molecule has 2 radical (unpaired) electrons. The third kappa shape index (κ3) is 20.0. The summed E-state index contributed by atoms with van der Waals surface area (Å²) in [6, 6.07) is 0. The van der Waals surface area contributed by atoms with Gasteiger partial charge in [-0.1, -0.05) is 79.1 Å². The molecule has 0 heterocycles. The van der Waals surface area contributed by atoms with Gasteiger partial charge in [0.1, 0.15) is 0 Å². The van der Waals surface area contributed by atoms with Gasteiger partial charge in [0, 0.05) is 11.9 Å². The summed E-state index contributed by atoms with van der Waals surface area (Å²) in [4.78, 5) is 21.1. The molecule has 5 heteroatoms. The minimum Gasteiger partial charge on any atom is -0.550 e. The topological polar surface area (TPSA) is 80.3 Å². The van der Waals surface area contributed by atoms with E-state index < -0.39 is 11.9 Å². The maximum Gasteiger partial charge on any atom is 2.00 e. The molecule has 4 nitrogen and oxygen atoms in total. The summed E-state index contributed by atoms with van der Waals surface area (Å²) in [5, 5.41) is 21.1. The van der Waals surface area contributed by atoms with Gasteiger partial charge in [-0.15, -0.1) is 0 Å². The molecule has 146 valence electrons. The van der Waals surface area contributed by atoms with Crippen molar-refractivity contribution in [3.05, 3.63) is 0 Å². The Balaban J connectivity index is -0.000000372. The summed E-state index contributed by atoms with van der Waals surface area (Å²) in [5.41, 5.74) is 0. The smallest absolute Gasteiger partial charge is 0.550 e. The molecule has 25 heavy (non-hydrogen) atoms. The van der Waals surface area contributed by atoms with Crippen molar-refractivity contribution < 1.29 is 19.8 Å². The van der Waals surface area contributed by atoms with Crippen LogP contribution >= 0.6 is 0 Å². The van der Waals surface area contributed by atoms with Crippen LogP contribution in [0.5, 0.6) is 0 Å². The zero-order valence-corrected chi connectivity index (χ0v) is 20.7. The van der Waals surface area contributed by atoms with E-state index in [1.165, 1.54) is 0 Å². The Labute approximate surface area is 175 Å². The SMILES string of the molecule is CCCCCC(CCC)C(=O)[O-].CCCCCC(CCC)C(=O)[O-].[Pb+2]. The fourth-order valence-electron chi connectivity index (χ4n) is 2.74. The Morgan fingerprint density at radius 1 is 0.600 bits per heavy atom. The predicted octanol–water partition coefficient (Wildman–Crippen LogP) is 3.09. The van der Waals surface area contributed by atoms with Gasteiger partial charge >= 0.3 is 27.3 Å². The number of carbonyl (C=O) groups is 2. The first-order chi connectivity index (χ1) is 11.4. The van der Waals surface area contributed by atoms with Crippen LogP contribution in [-0.4, -0.2) is 39.2 Å². The molecule has 0 N–H and O–H groups in total. The Morgan fingerprint density at radius 3 is 1.12 bits per heavy atom. The van der Waals surface area contributed by atoms with Crippen LogP contribution < -0.4 is 10.2 Å². The Kier molecular flexibility index (Phi) is 26.0. The van der Waals surface area contributed by atoms with Crippen molar-refractivity contribution in [3.8, 4) is 0 Å². The van der Waals surface area contributed by atoms with Crippen molar-refractivity contribution in [3.63, 3.8) is 0 Å². The van der Waals surface area contributed by atoms with E-state index in [2.05, 4.69) is 13.8 Å². The molecule has 0 bridgehead atoms. The molecule has 0 spiro atoms. The first kappa shape index (κ1) is 29.6. The monoisotopic (exact) mass is 550 g/mol. The van der Waals surface area contributed by atoms with Crippen LogP contribution in [0.3, 0.4) is 0 Å². The van der Waals surface area contributed by atoms with E-state index in [1.807, 2.05) is 13.8 Å². The van der Waals surface area contributed by atoms with Crippen molar-refractivity contribution >= 4 is 39.2 Å². The third-order valence-electron chi connectivity index (χ3n) is 4.25. The zero-order chi connectivity index (χ0) is 18.8. The molecule has 0 aliphatic heterocycles. The van der Waals surface area contributed by atoms with Gasteiger partial charge in [-0.25, -0.2) is 0 Å². The predicted molar refractivity (Wildman–Crippen MR) is 101 cm³/mol. The van der Waals surface area contributed by atoms with Crippen LogP contribution in [-0.2, 0) is 9.59 Å². The standard InChI is InChI=1S/2C10H20O2.Pb/c2*1-3-5-6-8-9(7-4-2)10(11)12;/h2*9H,3-8H2,1-2H3,(H,11,12);/q;;+2/p-2. The van der Waals surface area contributed by atoms with E-state index in [1.54, 1.807) is 0 Å². The Hall–Kier alpha value is -0.138. The van der Waals surface area contributed by atoms with Crippen LogP contribution in [0.2, 0.25) is 0 Å². The Bertz CT molecular complexity index is 278. The summed E-state index contributed by atoms with van der Waals surface area (Å²) in [6.07, 6.45) is 11.6. The Morgan fingerprint density at radius 2 is 0.920 bits per heavy atom. The van der Waals surface area contributed by atoms with Crippen molar-refractivity contribution in [2.24, 2.45) is 11.8 Å². The summed E-state index contributed by atoms with van der Waals surface area (Å²) < 4.78 is 0. The molecule has 0 aliphatic rings. The molecule has 0 fully saturated rings. The second kappa shape index (κ2) is 21.9. The summed E-state index contributed by atoms with van der Waals surface area (Å²) in [5.74, 6) is -2.15. The molecule has 0 saturated carbocycles. The van der Waals surface area contributed by atoms with Crippen molar-refractivity contribution in [2.75, 3.05) is 0 Å². The van der Waals surface area contributed by atoms with Gasteiger partial charge < -0.3 is 19.8 Å². The molecule has 0 saturated heterocycles. The molecule has 0 aromatic carbocycles. The van der Waals surface area contributed by atoms with Crippen molar-refractivity contribution in [2.45, 2.75) is 105 Å². The normalized spacial score (nSPS) is 12.3. The number of carboxylic acids is 2. The molecule has 0 amide bonds. The quantitative estimate of drug-likeness (QED) is 0.246. The van der Waals surface area contributed by atoms with Crippen LogP contribution in [0.25, 0.3) is 0 Å². The average molecular weight is 550 g/mol. The van der Waals surface area contributed by atoms with Gasteiger partial charge in [0.25, 0.3) is 0 Å². The summed E-state index contributed by atoms with van der Waals surface area (Å²) >= 11 is 0. The summed E-state index contributed by atoms with van der Waals surface area (Å²) in [7, 11) is 0. The van der Waals surface area contributed by atoms with E-state index in [-0.39, 0.29) is 39.1 Å². The van der Waals surface area contributed by atoms with E-state index in [0.717, 1.165) is 77.0 Å². The largest absolute Gasteiger partial charge is 2.00 e. The van der Waals surface area contributed by atoms with Crippen LogP contribution in [0.1, 0.15) is 105 Å². The second-order valence-corrected chi connectivity index (χ2v) is 6.60. The maximum absolute atomic E-state index is 10.6. The molecule has 0 aromatic rings. The van der Waals surface area contributed by atoms with E-state index in [9.17, 15) is 19.8 Å². The number of hydrogen-bond acceptors (Lipinski definition) is 4. The van der Waals surface area contributed by atoms with Crippen molar-refractivity contribution in [1.82, 2.24) is 0 Å². The van der Waals surface area contributed by atoms with Gasteiger partial charge in [0.15, 0.2) is 0 Å². The van der Waals surface area contributed by atoms with E-state index >= 15 is 0 Å². The van der Waals surface area contributed by atoms with Gasteiger partial charge in [0.2, 0.25) is 0 Å². The fourth-order valence-corrected chi connectivity index (χ4v) is 2.74. The molecule has 0 aliphatic carbocycles. The van der Waals surface area contributed by atoms with Crippen LogP contribution in [0.15, 0.2) is 0 Å². The molecule has 2 atom stereocenters. The first-order valence-electron chi connectivity index (χ1n) is 9.86. The number of rotatable bonds is 14.